The first-order valence-electron chi connectivity index (χ1n) is 25.0. The molecule has 356 valence electrons. The first kappa shape index (κ1) is 46.7. The molecule has 6 amide bonds. The predicted molar refractivity (Wildman–Crippen MR) is 270 cm³/mol. The van der Waals surface area contributed by atoms with Crippen molar-refractivity contribution in [2.75, 3.05) is 22.6 Å². The van der Waals surface area contributed by atoms with Crippen molar-refractivity contribution in [1.82, 2.24) is 16.0 Å². The molecule has 0 aromatic heterocycles. The van der Waals surface area contributed by atoms with Crippen LogP contribution >= 0.6 is 0 Å². The number of para-hydroxylation sites is 3. The fraction of sp³-hybridized carbons (Fsp3) is 0.439. The van der Waals surface area contributed by atoms with Crippen molar-refractivity contribution in [3.05, 3.63) is 139 Å². The zero-order valence-corrected chi connectivity index (χ0v) is 39.7. The number of urea groups is 3. The largest absolute Gasteiger partial charge is 0.465 e. The number of esters is 1. The van der Waals surface area contributed by atoms with E-state index in [0.29, 0.717) is 25.9 Å². The molecule has 4 fully saturated rings. The number of anilines is 3. The summed E-state index contributed by atoms with van der Waals surface area (Å²) in [5.74, 6) is 0.958. The van der Waals surface area contributed by atoms with Gasteiger partial charge in [0.25, 0.3) is 0 Å². The molecule has 5 aromatic carbocycles. The molecule has 11 heteroatoms. The van der Waals surface area contributed by atoms with Gasteiger partial charge in [-0.2, -0.15) is 0 Å². The zero-order chi connectivity index (χ0) is 47.3. The number of hydrogen-bond acceptors (Lipinski definition) is 5. The number of benzene rings is 5. The Morgan fingerprint density at radius 1 is 0.632 bits per heavy atom. The Kier molecular flexibility index (Phi) is 14.1. The molecule has 4 saturated carbocycles. The predicted octanol–water partition coefficient (Wildman–Crippen LogP) is 11.8. The molecule has 4 aliphatic carbocycles. The maximum absolute atomic E-state index is 14.2. The van der Waals surface area contributed by atoms with Gasteiger partial charge < -0.3 is 36.6 Å². The molecule has 6 N–H and O–H groups in total. The molecule has 0 saturated heterocycles. The molecule has 68 heavy (non-hydrogen) atoms. The van der Waals surface area contributed by atoms with Crippen molar-refractivity contribution >= 4 is 51.9 Å². The van der Waals surface area contributed by atoms with E-state index in [1.54, 1.807) is 0 Å². The molecule has 11 atom stereocenters. The maximum atomic E-state index is 14.2. The molecule has 0 spiro atoms. The van der Waals surface area contributed by atoms with Gasteiger partial charge in [0.05, 0.1) is 6.61 Å². The van der Waals surface area contributed by atoms with Crippen LogP contribution in [0.2, 0.25) is 0 Å². The summed E-state index contributed by atoms with van der Waals surface area (Å²) < 4.78 is 5.87. The highest BCUT2D eigenvalue weighted by Gasteiger charge is 2.66. The minimum absolute atomic E-state index is 0.0202. The Morgan fingerprint density at radius 2 is 1.22 bits per heavy atom. The number of fused-ring (bicyclic) bond motifs is 6. The van der Waals surface area contributed by atoms with Gasteiger partial charge in [-0.05, 0) is 150 Å². The van der Waals surface area contributed by atoms with E-state index < -0.39 is 0 Å². The van der Waals surface area contributed by atoms with E-state index in [4.69, 9.17) is 4.74 Å². The van der Waals surface area contributed by atoms with E-state index in [9.17, 15) is 19.2 Å². The molecule has 9 rings (SSSR count). The van der Waals surface area contributed by atoms with Gasteiger partial charge in [-0.1, -0.05) is 118 Å². The van der Waals surface area contributed by atoms with Gasteiger partial charge in [0, 0.05) is 48.0 Å². The third-order valence-electron chi connectivity index (χ3n) is 17.0. The van der Waals surface area contributed by atoms with E-state index in [0.717, 1.165) is 62.0 Å². The normalized spacial score (nSPS) is 28.6. The van der Waals surface area contributed by atoms with Crippen LogP contribution in [0.15, 0.2) is 133 Å². The van der Waals surface area contributed by atoms with Crippen molar-refractivity contribution in [2.24, 2.45) is 46.3 Å². The van der Waals surface area contributed by atoms with Gasteiger partial charge in [0.1, 0.15) is 0 Å². The van der Waals surface area contributed by atoms with Crippen molar-refractivity contribution in [3.63, 3.8) is 0 Å². The molecule has 0 unspecified atom stereocenters. The van der Waals surface area contributed by atoms with Crippen molar-refractivity contribution in [1.29, 1.82) is 0 Å². The summed E-state index contributed by atoms with van der Waals surface area (Å²) in [7, 11) is 0. The Morgan fingerprint density at radius 3 is 1.88 bits per heavy atom. The van der Waals surface area contributed by atoms with Gasteiger partial charge in [-0.15, -0.1) is 0 Å². The monoisotopic (exact) mass is 917 g/mol. The highest BCUT2D eigenvalue weighted by atomic mass is 16.5. The van der Waals surface area contributed by atoms with Gasteiger partial charge in [0.2, 0.25) is 0 Å². The maximum Gasteiger partial charge on any atom is 0.319 e. The molecular weight excluding hydrogens is 849 g/mol. The van der Waals surface area contributed by atoms with Crippen molar-refractivity contribution in [2.45, 2.75) is 103 Å². The van der Waals surface area contributed by atoms with Crippen LogP contribution in [0.4, 0.5) is 31.4 Å². The summed E-state index contributed by atoms with van der Waals surface area (Å²) >= 11 is 0. The smallest absolute Gasteiger partial charge is 0.319 e. The first-order chi connectivity index (χ1) is 33.0. The zero-order valence-electron chi connectivity index (χ0n) is 39.7. The summed E-state index contributed by atoms with van der Waals surface area (Å²) in [6.45, 7) is 7.44. The van der Waals surface area contributed by atoms with Crippen LogP contribution in [0.1, 0.15) is 84.1 Å². The van der Waals surface area contributed by atoms with Crippen LogP contribution < -0.4 is 31.9 Å². The number of rotatable bonds is 13. The third kappa shape index (κ3) is 10.1. The highest BCUT2D eigenvalue weighted by molar-refractivity contribution is 5.91. The second-order valence-corrected chi connectivity index (χ2v) is 20.7. The molecule has 0 bridgehead atoms. The topological polar surface area (TPSA) is 150 Å². The summed E-state index contributed by atoms with van der Waals surface area (Å²) in [4.78, 5) is 55.0. The molecule has 0 radical (unpaired) electrons. The van der Waals surface area contributed by atoms with E-state index in [-0.39, 0.29) is 88.5 Å². The van der Waals surface area contributed by atoms with E-state index in [2.05, 4.69) is 83.0 Å². The van der Waals surface area contributed by atoms with Crippen molar-refractivity contribution in [3.8, 4) is 0 Å². The average Bonchev–Trinajstić information content (AvgIpc) is 3.70. The van der Waals surface area contributed by atoms with Gasteiger partial charge in [0.15, 0.2) is 0 Å². The molecule has 11 nitrogen and oxygen atoms in total. The Balaban J connectivity index is 0.956. The molecule has 4 aliphatic rings. The summed E-state index contributed by atoms with van der Waals surface area (Å²) in [5.41, 5.74) is 2.96. The summed E-state index contributed by atoms with van der Waals surface area (Å²) in [6.07, 6.45) is 7.72. The summed E-state index contributed by atoms with van der Waals surface area (Å²) in [5, 5.41) is 22.0. The summed E-state index contributed by atoms with van der Waals surface area (Å²) in [6, 6.07) is 42.2. The van der Waals surface area contributed by atoms with Crippen LogP contribution in [0.3, 0.4) is 0 Å². The Bertz CT molecular complexity index is 2540. The number of amides is 6. The van der Waals surface area contributed by atoms with E-state index in [1.807, 2.05) is 103 Å². The first-order valence-corrected chi connectivity index (χ1v) is 25.0. The SMILES string of the molecule is C[C@H](CCC(=O)OCCc1cccc2ccccc12)[C@H]1CC[C@H]2[C@@H]3[C@H](NC(=O)Nc4ccccc4)C[C@@H]4C[C@H](NC(=O)Nc5ccccc5)CC[C@]4(C)[C@H]3C[C@H](NC(=O)Nc3ccccc3)[C@]12C. The van der Waals surface area contributed by atoms with Crippen LogP contribution in [0.5, 0.6) is 0 Å². The number of carbonyl (C=O) groups is 4. The number of nitrogens with one attached hydrogen (secondary N) is 6. The Hall–Kier alpha value is -6.36. The van der Waals surface area contributed by atoms with Crippen LogP contribution in [0.25, 0.3) is 10.8 Å². The van der Waals surface area contributed by atoms with Crippen LogP contribution in [-0.4, -0.2) is 48.8 Å². The lowest BCUT2D eigenvalue weighted by Gasteiger charge is -2.65. The van der Waals surface area contributed by atoms with Gasteiger partial charge in [-0.25, -0.2) is 14.4 Å². The van der Waals surface area contributed by atoms with Crippen molar-refractivity contribution < 1.29 is 23.9 Å². The lowest BCUT2D eigenvalue weighted by Crippen LogP contribution is -2.68. The number of hydrogen-bond donors (Lipinski definition) is 6. The number of ether oxygens (including phenoxy) is 1. The van der Waals surface area contributed by atoms with Crippen LogP contribution in [-0.2, 0) is 16.0 Å². The fourth-order valence-corrected chi connectivity index (χ4v) is 13.7. The van der Waals surface area contributed by atoms with E-state index >= 15 is 0 Å². The van der Waals surface area contributed by atoms with Crippen LogP contribution in [0, 0.1) is 46.3 Å². The van der Waals surface area contributed by atoms with Gasteiger partial charge >= 0.3 is 24.1 Å². The third-order valence-corrected chi connectivity index (χ3v) is 17.0. The standard InChI is InChI=1S/C57H68N6O5/c1-37(26-29-51(64)68-33-31-39-18-15-17-38-16-13-14-25-45(38)39)46-27-28-47-52-48(36-50(57(46,47)3)63-55(67)60-43-23-11-6-12-24-43)56(2)32-30-44(61-53(65)58-41-19-7-4-8-20-41)34-40(56)35-49(52)62-54(66)59-42-21-9-5-10-22-42/h4-25,37,40,44,46-50,52H,26-36H2,1-3H3,(H2,58,61,65)(H2,59,62,66)(H2,60,63,67)/t37-,40+,44-,46-,47+,48+,49-,50+,52+,56+,57-/m1/s1. The average molecular weight is 917 g/mol. The second kappa shape index (κ2) is 20.5. The Labute approximate surface area is 401 Å². The molecular formula is C57H68N6O5. The molecule has 0 heterocycles. The molecule has 0 aliphatic heterocycles. The van der Waals surface area contributed by atoms with Gasteiger partial charge in [-0.3, -0.25) is 4.79 Å². The van der Waals surface area contributed by atoms with E-state index in [1.165, 1.54) is 16.3 Å². The minimum Gasteiger partial charge on any atom is -0.465 e. The molecule has 5 aromatic rings. The minimum atomic E-state index is -0.333. The highest BCUT2D eigenvalue weighted by Crippen LogP contribution is 2.68. The second-order valence-electron chi connectivity index (χ2n) is 20.7. The number of carbonyl (C=O) groups excluding carboxylic acids is 4. The quantitative estimate of drug-likeness (QED) is 0.0650. The lowest BCUT2D eigenvalue weighted by molar-refractivity contribution is -0.145. The fourth-order valence-electron chi connectivity index (χ4n) is 13.7. The lowest BCUT2D eigenvalue weighted by atomic mass is 9.42.